The number of carbonyl (C=O) groups is 3. The molecule has 3 aliphatic heterocycles. The highest BCUT2D eigenvalue weighted by atomic mass is 16.6. The predicted molar refractivity (Wildman–Crippen MR) is 108 cm³/mol. The van der Waals surface area contributed by atoms with Crippen molar-refractivity contribution in [2.75, 3.05) is 7.11 Å². The number of methoxy groups -OCH3 is 1. The Balaban J connectivity index is 1.87. The van der Waals surface area contributed by atoms with Crippen LogP contribution in [0.25, 0.3) is 0 Å². The van der Waals surface area contributed by atoms with E-state index in [0.717, 1.165) is 0 Å². The number of rotatable bonds is 2. The molecule has 0 aliphatic carbocycles. The number of ether oxygens (including phenoxy) is 4. The van der Waals surface area contributed by atoms with Gasteiger partial charge < -0.3 is 28.5 Å². The van der Waals surface area contributed by atoms with Crippen LogP contribution in [0.2, 0.25) is 0 Å². The Bertz CT molecular complexity index is 1010. The van der Waals surface area contributed by atoms with Crippen molar-refractivity contribution in [3.05, 3.63) is 47.0 Å². The summed E-state index contributed by atoms with van der Waals surface area (Å²) >= 11 is 0. The van der Waals surface area contributed by atoms with E-state index in [1.807, 2.05) is 0 Å². The quantitative estimate of drug-likeness (QED) is 0.414. The molecule has 9 nitrogen and oxygen atoms in total. The van der Waals surface area contributed by atoms with Gasteiger partial charge in [0.1, 0.15) is 29.8 Å². The lowest BCUT2D eigenvalue weighted by atomic mass is 9.86. The van der Waals surface area contributed by atoms with Crippen LogP contribution in [0.3, 0.4) is 0 Å². The lowest BCUT2D eigenvalue weighted by Crippen LogP contribution is -2.37. The Kier molecular flexibility index (Phi) is 5.50. The molecular weight excluding hydrogens is 420 g/mol. The number of furan rings is 1. The average Bonchev–Trinajstić information content (AvgIpc) is 3.31. The maximum atomic E-state index is 12.6. The van der Waals surface area contributed by atoms with Crippen LogP contribution in [-0.2, 0) is 33.3 Å². The van der Waals surface area contributed by atoms with Gasteiger partial charge in [0, 0.05) is 38.4 Å². The van der Waals surface area contributed by atoms with E-state index in [1.54, 1.807) is 26.0 Å². The average molecular weight is 446 g/mol. The van der Waals surface area contributed by atoms with Crippen LogP contribution in [0.4, 0.5) is 0 Å². The summed E-state index contributed by atoms with van der Waals surface area (Å²) in [4.78, 5) is 36.8. The molecule has 0 amide bonds. The van der Waals surface area contributed by atoms with Gasteiger partial charge in [-0.25, -0.2) is 9.59 Å². The predicted octanol–water partition coefficient (Wildman–Crippen LogP) is 2.37. The summed E-state index contributed by atoms with van der Waals surface area (Å²) in [6.45, 7) is 8.44. The molecule has 0 saturated carbocycles. The number of aliphatic hydroxyl groups is 1. The number of esters is 3. The number of fused-ring (bicyclic) bond motifs is 5. The highest BCUT2D eigenvalue weighted by molar-refractivity contribution is 5.93. The minimum atomic E-state index is -1.48. The molecule has 1 saturated heterocycles. The lowest BCUT2D eigenvalue weighted by Gasteiger charge is -2.32. The number of carbonyl (C=O) groups excluding carboxylic acids is 3. The van der Waals surface area contributed by atoms with Crippen LogP contribution in [0.1, 0.15) is 56.0 Å². The van der Waals surface area contributed by atoms with Gasteiger partial charge in [-0.2, -0.15) is 0 Å². The third-order valence-corrected chi connectivity index (χ3v) is 6.20. The van der Waals surface area contributed by atoms with Gasteiger partial charge in [-0.05, 0) is 31.6 Å². The summed E-state index contributed by atoms with van der Waals surface area (Å²) in [7, 11) is 1.44. The van der Waals surface area contributed by atoms with Gasteiger partial charge in [0.05, 0.1) is 11.2 Å². The van der Waals surface area contributed by atoms with Crippen molar-refractivity contribution in [2.45, 2.75) is 63.6 Å². The van der Waals surface area contributed by atoms with Crippen molar-refractivity contribution in [1.82, 2.24) is 0 Å². The molecule has 1 aromatic heterocycles. The normalized spacial score (nSPS) is 34.5. The molecule has 1 aromatic rings. The van der Waals surface area contributed by atoms with Crippen molar-refractivity contribution in [2.24, 2.45) is 5.92 Å². The van der Waals surface area contributed by atoms with Crippen LogP contribution >= 0.6 is 0 Å². The van der Waals surface area contributed by atoms with Gasteiger partial charge in [0.2, 0.25) is 0 Å². The fraction of sp³-hybridized carbons (Fsp3) is 0.522. The summed E-state index contributed by atoms with van der Waals surface area (Å²) in [5.74, 6) is -1.71. The highest BCUT2D eigenvalue weighted by Gasteiger charge is 2.48. The smallest absolute Gasteiger partial charge is 0.338 e. The van der Waals surface area contributed by atoms with Crippen molar-refractivity contribution < 1.29 is 42.9 Å². The van der Waals surface area contributed by atoms with Gasteiger partial charge >= 0.3 is 17.9 Å². The molecule has 4 heterocycles. The summed E-state index contributed by atoms with van der Waals surface area (Å²) < 4.78 is 28.1. The summed E-state index contributed by atoms with van der Waals surface area (Å²) in [5, 5.41) is 11.2. The first-order valence-electron chi connectivity index (χ1n) is 10.4. The molecule has 4 bridgehead atoms. The third kappa shape index (κ3) is 3.75. The second kappa shape index (κ2) is 7.90. The molecule has 1 N–H and O–H groups in total. The zero-order valence-corrected chi connectivity index (χ0v) is 18.4. The van der Waals surface area contributed by atoms with E-state index < -0.39 is 53.8 Å². The van der Waals surface area contributed by atoms with E-state index in [0.29, 0.717) is 17.1 Å². The lowest BCUT2D eigenvalue weighted by molar-refractivity contribution is -0.151. The standard InChI is InChI=1S/C23H26O9/c1-10-6-17-20(28-5)23(4,27)9-13-7-15(22(26)30-13)16(29-12(3)24)8-14-11(2)21(25)32-19(14)18(10)31-17/h6-7,13-14,16,19-20,27H,2,8-9H2,1,3-5H3/t13-,14-,16+,19-,20+,23+/m0/s1. The summed E-state index contributed by atoms with van der Waals surface area (Å²) in [6, 6.07) is 1.72. The Morgan fingerprint density at radius 2 is 2.00 bits per heavy atom. The van der Waals surface area contributed by atoms with E-state index in [9.17, 15) is 19.5 Å². The van der Waals surface area contributed by atoms with Crippen LogP contribution in [0, 0.1) is 12.8 Å². The van der Waals surface area contributed by atoms with Crippen molar-refractivity contribution >= 4 is 17.9 Å². The highest BCUT2D eigenvalue weighted by Crippen LogP contribution is 2.46. The minimum Gasteiger partial charge on any atom is -0.459 e. The monoisotopic (exact) mass is 446 g/mol. The molecular formula is C23H26O9. The van der Waals surface area contributed by atoms with Crippen molar-refractivity contribution in [3.8, 4) is 0 Å². The van der Waals surface area contributed by atoms with E-state index in [1.165, 1.54) is 14.0 Å². The maximum Gasteiger partial charge on any atom is 0.338 e. The van der Waals surface area contributed by atoms with E-state index in [4.69, 9.17) is 23.4 Å². The molecule has 32 heavy (non-hydrogen) atoms. The second-order valence-electron chi connectivity index (χ2n) is 8.73. The number of hydrogen-bond donors (Lipinski definition) is 1. The topological polar surface area (TPSA) is 122 Å². The molecule has 6 atom stereocenters. The van der Waals surface area contributed by atoms with Gasteiger partial charge in [-0.3, -0.25) is 4.79 Å². The zero-order valence-electron chi connectivity index (χ0n) is 18.4. The van der Waals surface area contributed by atoms with E-state index in [-0.39, 0.29) is 24.0 Å². The summed E-state index contributed by atoms with van der Waals surface area (Å²) in [5.41, 5.74) is -0.437. The fourth-order valence-electron chi connectivity index (χ4n) is 4.75. The van der Waals surface area contributed by atoms with Crippen LogP contribution in [0.15, 0.2) is 34.3 Å². The van der Waals surface area contributed by atoms with E-state index >= 15 is 0 Å². The van der Waals surface area contributed by atoms with Gasteiger partial charge in [-0.1, -0.05) is 6.58 Å². The molecule has 0 aromatic carbocycles. The van der Waals surface area contributed by atoms with Gasteiger partial charge in [-0.15, -0.1) is 0 Å². The summed E-state index contributed by atoms with van der Waals surface area (Å²) in [6.07, 6.45) is -1.82. The molecule has 1 fully saturated rings. The molecule has 4 rings (SSSR count). The van der Waals surface area contributed by atoms with E-state index in [2.05, 4.69) is 6.58 Å². The van der Waals surface area contributed by atoms with Crippen LogP contribution in [-0.4, -0.2) is 47.9 Å². The first kappa shape index (κ1) is 22.3. The van der Waals surface area contributed by atoms with Gasteiger partial charge in [0.25, 0.3) is 0 Å². The van der Waals surface area contributed by atoms with Crippen molar-refractivity contribution in [1.29, 1.82) is 0 Å². The number of hydrogen-bond acceptors (Lipinski definition) is 9. The SMILES string of the molecule is C=C1C(=O)O[C@@H]2c3oc(cc3C)[C@@H](OC)[C@](C)(O)C[C@@H]3C=C(C(=O)O3)[C@H](OC(C)=O)C[C@@H]12. The van der Waals surface area contributed by atoms with Crippen molar-refractivity contribution in [3.63, 3.8) is 0 Å². The first-order valence-corrected chi connectivity index (χ1v) is 10.4. The minimum absolute atomic E-state index is 0.0250. The van der Waals surface area contributed by atoms with Crippen LogP contribution < -0.4 is 0 Å². The Morgan fingerprint density at radius 1 is 1.28 bits per heavy atom. The Morgan fingerprint density at radius 3 is 2.66 bits per heavy atom. The molecule has 0 unspecified atom stereocenters. The molecule has 0 radical (unpaired) electrons. The zero-order chi connectivity index (χ0) is 23.4. The van der Waals surface area contributed by atoms with Crippen LogP contribution in [0.5, 0.6) is 0 Å². The van der Waals surface area contributed by atoms with Gasteiger partial charge in [0.15, 0.2) is 6.10 Å². The Labute approximate surface area is 184 Å². The fourth-order valence-corrected chi connectivity index (χ4v) is 4.75. The largest absolute Gasteiger partial charge is 0.459 e. The third-order valence-electron chi connectivity index (χ3n) is 6.20. The second-order valence-corrected chi connectivity index (χ2v) is 8.73. The number of aryl methyl sites for hydroxylation is 1. The first-order chi connectivity index (χ1) is 15.0. The molecule has 0 spiro atoms. The Hall–Kier alpha value is -2.91. The molecule has 9 heteroatoms. The molecule has 172 valence electrons. The maximum absolute atomic E-state index is 12.6. The molecule has 3 aliphatic rings.